The normalized spacial score (nSPS) is 12.6. The standard InChI is InChI=1S/C57H98N4O19/c1-3-44(50(66)40-62)22-18-19-31-58-53(69)41-80-38-36-78-34-32-59-54(70)42-79-37-35-77-33-20-24-46(64)26-27-48(56(73)74)60-52(68)30-28-49(57(75)76)61-51(67)29-25-45(55(71)72)39-47(65)23-17-15-13-11-9-7-5-4-6-8-10-12-14-16-21-43(2)63/h44-45,48-49,62H,3-42H2,1-2H3,(H,58,69)(H,59,70)(H,60,68)(H,61,67)(H,71,72)(H,73,74)(H,75,76)/t44-,45+,48-,49-/m0/s1. The zero-order chi connectivity index (χ0) is 59.6. The summed E-state index contributed by atoms with van der Waals surface area (Å²) < 4.78 is 21.4. The number of hydrogen-bond acceptors (Lipinski definition) is 16. The van der Waals surface area contributed by atoms with E-state index in [2.05, 4.69) is 21.3 Å². The fourth-order valence-corrected chi connectivity index (χ4v) is 8.54. The van der Waals surface area contributed by atoms with Gasteiger partial charge < -0.3 is 65.4 Å². The van der Waals surface area contributed by atoms with E-state index in [1.807, 2.05) is 6.92 Å². The number of aliphatic hydroxyl groups is 1. The number of carboxylic acid groups (broad SMARTS) is 3. The molecule has 80 heavy (non-hydrogen) atoms. The molecule has 0 fully saturated rings. The number of Topliss-reactive ketones (excluding diaryl/α,β-unsaturated/α-hetero) is 4. The van der Waals surface area contributed by atoms with Gasteiger partial charge in [0.25, 0.3) is 0 Å². The number of unbranched alkanes of at least 4 members (excludes halogenated alkanes) is 14. The first-order valence-electron chi connectivity index (χ1n) is 29.2. The molecule has 0 aliphatic carbocycles. The molecule has 0 rings (SSSR count). The maximum Gasteiger partial charge on any atom is 0.326 e. The Morgan fingerprint density at radius 2 is 0.850 bits per heavy atom. The first-order chi connectivity index (χ1) is 38.4. The summed E-state index contributed by atoms with van der Waals surface area (Å²) in [7, 11) is 0. The van der Waals surface area contributed by atoms with Crippen molar-refractivity contribution in [2.45, 2.75) is 212 Å². The number of carbonyl (C=O) groups excluding carboxylic acids is 8. The second-order valence-electron chi connectivity index (χ2n) is 20.4. The number of aliphatic carboxylic acids is 3. The summed E-state index contributed by atoms with van der Waals surface area (Å²) in [6.07, 6.45) is 17.4. The number of ether oxygens (including phenoxy) is 4. The van der Waals surface area contributed by atoms with Gasteiger partial charge in [-0.15, -0.1) is 0 Å². The van der Waals surface area contributed by atoms with Crippen molar-refractivity contribution in [1.29, 1.82) is 0 Å². The van der Waals surface area contributed by atoms with Crippen molar-refractivity contribution in [2.75, 3.05) is 72.6 Å². The van der Waals surface area contributed by atoms with E-state index < -0.39 is 67.2 Å². The van der Waals surface area contributed by atoms with Crippen LogP contribution in [-0.2, 0) is 71.7 Å². The molecule has 0 saturated heterocycles. The van der Waals surface area contributed by atoms with E-state index in [1.165, 1.54) is 44.9 Å². The largest absolute Gasteiger partial charge is 0.481 e. The molecule has 0 spiro atoms. The second-order valence-corrected chi connectivity index (χ2v) is 20.4. The maximum atomic E-state index is 12.7. The van der Waals surface area contributed by atoms with Gasteiger partial charge in [0.15, 0.2) is 5.78 Å². The average Bonchev–Trinajstić information content (AvgIpc) is 3.41. The fourth-order valence-electron chi connectivity index (χ4n) is 8.54. The van der Waals surface area contributed by atoms with E-state index in [4.69, 9.17) is 24.1 Å². The minimum atomic E-state index is -1.53. The highest BCUT2D eigenvalue weighted by molar-refractivity contribution is 5.88. The molecule has 4 atom stereocenters. The Kier molecular flexibility index (Phi) is 47.4. The topological polar surface area (TPSA) is 354 Å². The van der Waals surface area contributed by atoms with E-state index in [9.17, 15) is 68.1 Å². The molecule has 0 aliphatic heterocycles. The number of amides is 4. The highest BCUT2D eigenvalue weighted by Crippen LogP contribution is 2.18. The quantitative estimate of drug-likeness (QED) is 0.0355. The number of aliphatic hydroxyl groups excluding tert-OH is 1. The summed E-state index contributed by atoms with van der Waals surface area (Å²) in [5.41, 5.74) is 0. The van der Waals surface area contributed by atoms with Crippen LogP contribution in [-0.4, -0.2) is 170 Å². The molecule has 0 saturated carbocycles. The van der Waals surface area contributed by atoms with Crippen molar-refractivity contribution in [3.05, 3.63) is 0 Å². The molecule has 0 heterocycles. The van der Waals surface area contributed by atoms with Gasteiger partial charge in [0.1, 0.15) is 49.3 Å². The van der Waals surface area contributed by atoms with Crippen LogP contribution < -0.4 is 21.3 Å². The van der Waals surface area contributed by atoms with Crippen LogP contribution in [0.15, 0.2) is 0 Å². The van der Waals surface area contributed by atoms with Crippen molar-refractivity contribution in [2.24, 2.45) is 11.8 Å². The SMILES string of the molecule is CC[C@@H](CCCCNC(=O)COCCOCCNC(=O)COCCOCCCC(=O)CC[C@H](NC(=O)CC[C@H](NC(=O)CC[C@H](CC(=O)CCCCCCCCCCCCCCCCC(C)=O)C(=O)O)C(=O)O)C(=O)O)C(=O)CO. The summed E-state index contributed by atoms with van der Waals surface area (Å²) in [5.74, 6) is -8.00. The average molecular weight is 1140 g/mol. The highest BCUT2D eigenvalue weighted by Gasteiger charge is 2.27. The zero-order valence-electron chi connectivity index (χ0n) is 48.0. The first kappa shape index (κ1) is 74.8. The monoisotopic (exact) mass is 1140 g/mol. The second kappa shape index (κ2) is 50.7. The number of carboxylic acids is 3. The Labute approximate surface area is 473 Å². The van der Waals surface area contributed by atoms with Gasteiger partial charge in [-0.25, -0.2) is 9.59 Å². The maximum absolute atomic E-state index is 12.7. The Hall–Kier alpha value is -5.23. The van der Waals surface area contributed by atoms with Gasteiger partial charge in [0.05, 0.1) is 39.0 Å². The van der Waals surface area contributed by atoms with Crippen molar-refractivity contribution in [1.82, 2.24) is 21.3 Å². The molecule has 0 aliphatic rings. The first-order valence-corrected chi connectivity index (χ1v) is 29.2. The Morgan fingerprint density at radius 3 is 1.34 bits per heavy atom. The lowest BCUT2D eigenvalue weighted by Crippen LogP contribution is -2.44. The lowest BCUT2D eigenvalue weighted by molar-refractivity contribution is -0.145. The summed E-state index contributed by atoms with van der Waals surface area (Å²) in [5, 5.41) is 47.9. The molecular formula is C57H98N4O19. The number of nitrogens with one attached hydrogen (secondary N) is 4. The highest BCUT2D eigenvalue weighted by atomic mass is 16.5. The van der Waals surface area contributed by atoms with Gasteiger partial charge >= 0.3 is 17.9 Å². The van der Waals surface area contributed by atoms with Crippen LogP contribution in [0, 0.1) is 11.8 Å². The molecule has 0 unspecified atom stereocenters. The lowest BCUT2D eigenvalue weighted by atomic mass is 9.94. The van der Waals surface area contributed by atoms with Gasteiger partial charge in [-0.3, -0.25) is 38.4 Å². The molecule has 0 aromatic rings. The van der Waals surface area contributed by atoms with Crippen LogP contribution >= 0.6 is 0 Å². The van der Waals surface area contributed by atoms with Crippen LogP contribution in [0.4, 0.5) is 0 Å². The van der Waals surface area contributed by atoms with Crippen molar-refractivity contribution in [3.8, 4) is 0 Å². The van der Waals surface area contributed by atoms with E-state index in [0.29, 0.717) is 45.1 Å². The van der Waals surface area contributed by atoms with Crippen molar-refractivity contribution >= 4 is 64.7 Å². The number of carbonyl (C=O) groups is 11. The molecule has 8 N–H and O–H groups in total. The van der Waals surface area contributed by atoms with Gasteiger partial charge in [-0.1, -0.05) is 90.4 Å². The Morgan fingerprint density at radius 1 is 0.400 bits per heavy atom. The molecule has 0 aromatic carbocycles. The molecule has 0 radical (unpaired) electrons. The summed E-state index contributed by atoms with van der Waals surface area (Å²) in [6, 6.07) is -2.97. The third-order valence-corrected chi connectivity index (χ3v) is 13.3. The van der Waals surface area contributed by atoms with Gasteiger partial charge in [0.2, 0.25) is 23.6 Å². The van der Waals surface area contributed by atoms with Crippen LogP contribution in [0.25, 0.3) is 0 Å². The van der Waals surface area contributed by atoms with Crippen LogP contribution in [0.2, 0.25) is 0 Å². The third kappa shape index (κ3) is 45.5. The predicted molar refractivity (Wildman–Crippen MR) is 295 cm³/mol. The molecule has 23 heteroatoms. The summed E-state index contributed by atoms with van der Waals surface area (Å²) in [6.45, 7) is 4.51. The van der Waals surface area contributed by atoms with E-state index >= 15 is 0 Å². The van der Waals surface area contributed by atoms with Gasteiger partial charge in [-0.2, -0.15) is 0 Å². The Bertz CT molecular complexity index is 1800. The van der Waals surface area contributed by atoms with E-state index in [-0.39, 0.29) is 145 Å². The molecule has 23 nitrogen and oxygen atoms in total. The summed E-state index contributed by atoms with van der Waals surface area (Å²) in [4.78, 5) is 132. The van der Waals surface area contributed by atoms with Crippen molar-refractivity contribution in [3.63, 3.8) is 0 Å². The third-order valence-electron chi connectivity index (χ3n) is 13.3. The van der Waals surface area contributed by atoms with Crippen molar-refractivity contribution < 1.29 is 92.1 Å². The molecular weight excluding hydrogens is 1040 g/mol. The number of hydrogen-bond donors (Lipinski definition) is 8. The van der Waals surface area contributed by atoms with Crippen LogP contribution in [0.5, 0.6) is 0 Å². The molecule has 4 amide bonds. The minimum Gasteiger partial charge on any atom is -0.481 e. The molecule has 0 aromatic heterocycles. The zero-order valence-corrected chi connectivity index (χ0v) is 48.0. The minimum absolute atomic E-state index is 0.0738. The Balaban J connectivity index is 4.14. The fraction of sp³-hybridized carbons (Fsp3) is 0.807. The van der Waals surface area contributed by atoms with Crippen LogP contribution in [0.1, 0.15) is 200 Å². The van der Waals surface area contributed by atoms with E-state index in [1.54, 1.807) is 6.92 Å². The molecule has 0 bridgehead atoms. The summed E-state index contributed by atoms with van der Waals surface area (Å²) >= 11 is 0. The predicted octanol–water partition coefficient (Wildman–Crippen LogP) is 5.36. The van der Waals surface area contributed by atoms with E-state index in [0.717, 1.165) is 44.9 Å². The number of rotatable bonds is 58. The number of ketones is 4. The molecule has 460 valence electrons. The lowest BCUT2D eigenvalue weighted by Gasteiger charge is -2.17. The smallest absolute Gasteiger partial charge is 0.326 e. The van der Waals surface area contributed by atoms with Gasteiger partial charge in [0, 0.05) is 70.6 Å². The van der Waals surface area contributed by atoms with Crippen LogP contribution in [0.3, 0.4) is 0 Å². The van der Waals surface area contributed by atoms with Gasteiger partial charge in [-0.05, 0) is 64.7 Å².